The fourth-order valence-corrected chi connectivity index (χ4v) is 2.92. The Kier molecular flexibility index (Phi) is 6.68. The van der Waals surface area contributed by atoms with Crippen molar-refractivity contribution in [3.05, 3.63) is 50.9 Å². The maximum atomic E-state index is 6.17. The summed E-state index contributed by atoms with van der Waals surface area (Å²) in [6.07, 6.45) is 0.865. The van der Waals surface area contributed by atoms with Crippen LogP contribution in [0.25, 0.3) is 0 Å². The number of hydrogen-bond donors (Lipinski definition) is 2. The standard InChI is InChI=1S/C16H21ClN4S/c1-3-18-16(20-10-15-12(2)21-11-22-15)19-9-8-13-6-4-5-7-14(13)17/h4-7,11H,3,8-10H2,1-2H3,(H2,18,19,20). The van der Waals surface area contributed by atoms with Crippen LogP contribution in [0.2, 0.25) is 5.02 Å². The minimum absolute atomic E-state index is 0.651. The van der Waals surface area contributed by atoms with Crippen molar-refractivity contribution in [3.63, 3.8) is 0 Å². The molecule has 0 radical (unpaired) electrons. The van der Waals surface area contributed by atoms with Gasteiger partial charge in [-0.05, 0) is 31.9 Å². The molecule has 4 nitrogen and oxygen atoms in total. The first-order valence-electron chi connectivity index (χ1n) is 7.35. The highest BCUT2D eigenvalue weighted by Crippen LogP contribution is 2.15. The molecule has 0 amide bonds. The van der Waals surface area contributed by atoms with Crippen LogP contribution >= 0.6 is 22.9 Å². The second-order valence-corrected chi connectivity index (χ2v) is 6.17. The molecule has 6 heteroatoms. The fourth-order valence-electron chi connectivity index (χ4n) is 1.99. The minimum Gasteiger partial charge on any atom is -0.357 e. The van der Waals surface area contributed by atoms with E-state index in [0.29, 0.717) is 6.54 Å². The maximum absolute atomic E-state index is 6.17. The molecule has 118 valence electrons. The van der Waals surface area contributed by atoms with E-state index >= 15 is 0 Å². The summed E-state index contributed by atoms with van der Waals surface area (Å²) >= 11 is 7.81. The van der Waals surface area contributed by atoms with Gasteiger partial charge in [-0.3, -0.25) is 0 Å². The number of halogens is 1. The number of nitrogens with one attached hydrogen (secondary N) is 2. The van der Waals surface area contributed by atoms with E-state index in [1.165, 1.54) is 4.88 Å². The summed E-state index contributed by atoms with van der Waals surface area (Å²) in [6.45, 7) is 6.34. The van der Waals surface area contributed by atoms with Gasteiger partial charge in [-0.15, -0.1) is 11.3 Å². The highest BCUT2D eigenvalue weighted by molar-refractivity contribution is 7.09. The quantitative estimate of drug-likeness (QED) is 0.628. The molecule has 0 fully saturated rings. The van der Waals surface area contributed by atoms with Crippen LogP contribution in [0.5, 0.6) is 0 Å². The van der Waals surface area contributed by atoms with Crippen LogP contribution in [0, 0.1) is 6.92 Å². The molecule has 1 aromatic heterocycles. The van der Waals surface area contributed by atoms with Crippen molar-refractivity contribution in [1.82, 2.24) is 15.6 Å². The number of rotatable bonds is 6. The Morgan fingerprint density at radius 3 is 2.82 bits per heavy atom. The molecule has 2 aromatic rings. The smallest absolute Gasteiger partial charge is 0.191 e. The summed E-state index contributed by atoms with van der Waals surface area (Å²) in [5.41, 5.74) is 4.06. The number of thiazole rings is 1. The lowest BCUT2D eigenvalue weighted by atomic mass is 10.1. The van der Waals surface area contributed by atoms with Crippen molar-refractivity contribution >= 4 is 28.9 Å². The van der Waals surface area contributed by atoms with Crippen LogP contribution in [-0.2, 0) is 13.0 Å². The summed E-state index contributed by atoms with van der Waals surface area (Å²) in [5, 5.41) is 7.41. The second-order valence-electron chi connectivity index (χ2n) is 4.82. The summed E-state index contributed by atoms with van der Waals surface area (Å²) in [6, 6.07) is 7.92. The van der Waals surface area contributed by atoms with Gasteiger partial charge in [0.05, 0.1) is 17.7 Å². The van der Waals surface area contributed by atoms with Crippen LogP contribution in [0.1, 0.15) is 23.1 Å². The Labute approximate surface area is 140 Å². The van der Waals surface area contributed by atoms with Gasteiger partial charge in [-0.25, -0.2) is 9.98 Å². The van der Waals surface area contributed by atoms with Crippen LogP contribution in [-0.4, -0.2) is 24.0 Å². The molecule has 0 atom stereocenters. The molecule has 0 unspecified atom stereocenters. The first kappa shape index (κ1) is 16.8. The van der Waals surface area contributed by atoms with Crippen molar-refractivity contribution in [3.8, 4) is 0 Å². The van der Waals surface area contributed by atoms with Crippen molar-refractivity contribution in [2.75, 3.05) is 13.1 Å². The molecule has 0 saturated carbocycles. The molecule has 1 heterocycles. The van der Waals surface area contributed by atoms with Gasteiger partial charge in [0.15, 0.2) is 5.96 Å². The van der Waals surface area contributed by atoms with Gasteiger partial charge in [-0.2, -0.15) is 0 Å². The SMILES string of the molecule is CCNC(=NCc1scnc1C)NCCc1ccccc1Cl. The molecule has 2 N–H and O–H groups in total. The van der Waals surface area contributed by atoms with Crippen LogP contribution in [0.4, 0.5) is 0 Å². The molecule has 0 aliphatic rings. The lowest BCUT2D eigenvalue weighted by molar-refractivity contribution is 0.800. The van der Waals surface area contributed by atoms with E-state index in [1.807, 2.05) is 30.6 Å². The molecular weight excluding hydrogens is 316 g/mol. The van der Waals surface area contributed by atoms with Crippen LogP contribution in [0.3, 0.4) is 0 Å². The van der Waals surface area contributed by atoms with Crippen molar-refractivity contribution in [2.24, 2.45) is 4.99 Å². The first-order valence-corrected chi connectivity index (χ1v) is 8.61. The molecule has 0 saturated heterocycles. The van der Waals surface area contributed by atoms with Gasteiger partial charge in [0.25, 0.3) is 0 Å². The number of aliphatic imine (C=N–C) groups is 1. The topological polar surface area (TPSA) is 49.3 Å². The lowest BCUT2D eigenvalue weighted by Gasteiger charge is -2.11. The third-order valence-corrected chi connectivity index (χ3v) is 4.50. The van der Waals surface area contributed by atoms with Gasteiger partial charge in [0, 0.05) is 23.0 Å². The number of aromatic nitrogens is 1. The van der Waals surface area contributed by atoms with Gasteiger partial charge < -0.3 is 10.6 Å². The Hall–Kier alpha value is -1.59. The molecular formula is C16H21ClN4S. The summed E-state index contributed by atoms with van der Waals surface area (Å²) < 4.78 is 0. The zero-order chi connectivity index (χ0) is 15.8. The van der Waals surface area contributed by atoms with Crippen LogP contribution < -0.4 is 10.6 Å². The zero-order valence-corrected chi connectivity index (χ0v) is 14.5. The highest BCUT2D eigenvalue weighted by Gasteiger charge is 2.03. The number of guanidine groups is 1. The van der Waals surface area contributed by atoms with E-state index < -0.39 is 0 Å². The average molecular weight is 337 g/mol. The highest BCUT2D eigenvalue weighted by atomic mass is 35.5. The molecule has 0 aliphatic heterocycles. The predicted molar refractivity (Wildman–Crippen MR) is 94.8 cm³/mol. The lowest BCUT2D eigenvalue weighted by Crippen LogP contribution is -2.38. The first-order chi connectivity index (χ1) is 10.7. The van der Waals surface area contributed by atoms with E-state index in [4.69, 9.17) is 11.6 Å². The summed E-state index contributed by atoms with van der Waals surface area (Å²) in [4.78, 5) is 10.0. The van der Waals surface area contributed by atoms with E-state index in [-0.39, 0.29) is 0 Å². The molecule has 0 bridgehead atoms. The third-order valence-electron chi connectivity index (χ3n) is 3.21. The Bertz CT molecular complexity index is 624. The van der Waals surface area contributed by atoms with E-state index in [2.05, 4.69) is 33.6 Å². The fraction of sp³-hybridized carbons (Fsp3) is 0.375. The van der Waals surface area contributed by atoms with E-state index in [9.17, 15) is 0 Å². The largest absolute Gasteiger partial charge is 0.357 e. The molecule has 2 rings (SSSR count). The van der Waals surface area contributed by atoms with Crippen molar-refractivity contribution in [1.29, 1.82) is 0 Å². The summed E-state index contributed by atoms with van der Waals surface area (Å²) in [5.74, 6) is 0.822. The van der Waals surface area contributed by atoms with Crippen molar-refractivity contribution in [2.45, 2.75) is 26.8 Å². The third kappa shape index (κ3) is 5.00. The average Bonchev–Trinajstić information content (AvgIpc) is 2.92. The predicted octanol–water partition coefficient (Wildman–Crippen LogP) is 3.40. The molecule has 1 aromatic carbocycles. The van der Waals surface area contributed by atoms with Crippen LogP contribution in [0.15, 0.2) is 34.8 Å². The Morgan fingerprint density at radius 2 is 2.14 bits per heavy atom. The van der Waals surface area contributed by atoms with E-state index in [0.717, 1.165) is 41.7 Å². The molecule has 0 spiro atoms. The van der Waals surface area contributed by atoms with Gasteiger partial charge in [0.1, 0.15) is 0 Å². The summed E-state index contributed by atoms with van der Waals surface area (Å²) in [7, 11) is 0. The zero-order valence-electron chi connectivity index (χ0n) is 12.9. The van der Waals surface area contributed by atoms with Gasteiger partial charge in [-0.1, -0.05) is 29.8 Å². The normalized spacial score (nSPS) is 11.5. The Morgan fingerprint density at radius 1 is 1.32 bits per heavy atom. The number of hydrogen-bond acceptors (Lipinski definition) is 3. The molecule has 22 heavy (non-hydrogen) atoms. The number of benzene rings is 1. The molecule has 0 aliphatic carbocycles. The van der Waals surface area contributed by atoms with Gasteiger partial charge in [0.2, 0.25) is 0 Å². The van der Waals surface area contributed by atoms with E-state index in [1.54, 1.807) is 11.3 Å². The Balaban J connectivity index is 1.89. The van der Waals surface area contributed by atoms with Gasteiger partial charge >= 0.3 is 0 Å². The van der Waals surface area contributed by atoms with Crippen molar-refractivity contribution < 1.29 is 0 Å². The number of nitrogens with zero attached hydrogens (tertiary/aromatic N) is 2. The maximum Gasteiger partial charge on any atom is 0.191 e. The number of aryl methyl sites for hydroxylation is 1. The minimum atomic E-state index is 0.651. The second kappa shape index (κ2) is 8.76. The monoisotopic (exact) mass is 336 g/mol.